The Balaban J connectivity index is 2.53. The van der Waals surface area contributed by atoms with Crippen molar-refractivity contribution in [3.8, 4) is 5.82 Å². The van der Waals surface area contributed by atoms with Crippen LogP contribution >= 0.6 is 22.6 Å². The van der Waals surface area contributed by atoms with Crippen LogP contribution in [0.4, 0.5) is 11.6 Å². The SMILES string of the molecule is CCNc1ncc([N+](=O)[O-])c(-n2cc(I)cn2)n1. The van der Waals surface area contributed by atoms with E-state index in [2.05, 4.69) is 43.0 Å². The second kappa shape index (κ2) is 5.25. The number of halogens is 1. The van der Waals surface area contributed by atoms with Gasteiger partial charge in [-0.2, -0.15) is 10.1 Å². The van der Waals surface area contributed by atoms with Crippen LogP contribution in [0.3, 0.4) is 0 Å². The van der Waals surface area contributed by atoms with E-state index in [0.717, 1.165) is 3.57 Å². The molecule has 0 aliphatic carbocycles. The van der Waals surface area contributed by atoms with Crippen LogP contribution in [0.25, 0.3) is 5.82 Å². The Bertz CT molecular complexity index is 584. The summed E-state index contributed by atoms with van der Waals surface area (Å²) in [5.74, 6) is 0.484. The van der Waals surface area contributed by atoms with E-state index in [-0.39, 0.29) is 11.5 Å². The minimum Gasteiger partial charge on any atom is -0.354 e. The van der Waals surface area contributed by atoms with Gasteiger partial charge in [0.15, 0.2) is 0 Å². The van der Waals surface area contributed by atoms with Crippen molar-refractivity contribution in [1.82, 2.24) is 19.7 Å². The van der Waals surface area contributed by atoms with Crippen LogP contribution in [0.2, 0.25) is 0 Å². The van der Waals surface area contributed by atoms with Crippen LogP contribution < -0.4 is 5.32 Å². The molecule has 0 saturated carbocycles. The number of rotatable bonds is 4. The number of nitrogens with zero attached hydrogens (tertiary/aromatic N) is 5. The smallest absolute Gasteiger partial charge is 0.332 e. The molecule has 0 saturated heterocycles. The lowest BCUT2D eigenvalue weighted by atomic mass is 10.5. The standard InChI is InChI=1S/C9H9IN6O2/c1-2-11-9-12-4-7(16(17)18)8(14-9)15-5-6(10)3-13-15/h3-5H,2H2,1H3,(H,11,12,14). The predicted octanol–water partition coefficient (Wildman–Crippen LogP) is 1.61. The highest BCUT2D eigenvalue weighted by Gasteiger charge is 2.19. The number of nitro groups is 1. The summed E-state index contributed by atoms with van der Waals surface area (Å²) in [5, 5.41) is 17.9. The first kappa shape index (κ1) is 12.7. The third-order valence-electron chi connectivity index (χ3n) is 2.05. The molecule has 2 rings (SSSR count). The van der Waals surface area contributed by atoms with E-state index in [1.54, 1.807) is 12.4 Å². The molecule has 18 heavy (non-hydrogen) atoms. The molecule has 9 heteroatoms. The molecule has 0 bridgehead atoms. The van der Waals surface area contributed by atoms with E-state index in [1.807, 2.05) is 6.92 Å². The summed E-state index contributed by atoms with van der Waals surface area (Å²) < 4.78 is 2.23. The zero-order chi connectivity index (χ0) is 13.1. The summed E-state index contributed by atoms with van der Waals surface area (Å²) >= 11 is 2.07. The lowest BCUT2D eigenvalue weighted by Crippen LogP contribution is -2.09. The largest absolute Gasteiger partial charge is 0.354 e. The molecule has 0 amide bonds. The molecule has 8 nitrogen and oxygen atoms in total. The van der Waals surface area contributed by atoms with Gasteiger partial charge in [-0.3, -0.25) is 10.1 Å². The van der Waals surface area contributed by atoms with E-state index in [9.17, 15) is 10.1 Å². The van der Waals surface area contributed by atoms with E-state index in [1.165, 1.54) is 10.9 Å². The lowest BCUT2D eigenvalue weighted by Gasteiger charge is -2.05. The first-order chi connectivity index (χ1) is 8.61. The van der Waals surface area contributed by atoms with E-state index >= 15 is 0 Å². The summed E-state index contributed by atoms with van der Waals surface area (Å²) in [4.78, 5) is 18.4. The number of aromatic nitrogens is 4. The predicted molar refractivity (Wildman–Crippen MR) is 72.7 cm³/mol. The Morgan fingerprint density at radius 2 is 2.33 bits per heavy atom. The monoisotopic (exact) mass is 360 g/mol. The summed E-state index contributed by atoms with van der Waals surface area (Å²) in [6.07, 6.45) is 4.43. The topological polar surface area (TPSA) is 98.8 Å². The fraction of sp³-hybridized carbons (Fsp3) is 0.222. The third kappa shape index (κ3) is 2.55. The quantitative estimate of drug-likeness (QED) is 0.505. The molecule has 2 aromatic heterocycles. The maximum Gasteiger partial charge on any atom is 0.332 e. The molecule has 0 aliphatic heterocycles. The van der Waals surface area contributed by atoms with E-state index in [0.29, 0.717) is 12.5 Å². The molecule has 1 N–H and O–H groups in total. The highest BCUT2D eigenvalue weighted by molar-refractivity contribution is 14.1. The highest BCUT2D eigenvalue weighted by Crippen LogP contribution is 2.20. The van der Waals surface area contributed by atoms with Crippen LogP contribution in [0.1, 0.15) is 6.92 Å². The normalized spacial score (nSPS) is 10.3. The molecule has 0 unspecified atom stereocenters. The average Bonchev–Trinajstić information content (AvgIpc) is 2.76. The van der Waals surface area contributed by atoms with Gasteiger partial charge in [-0.25, -0.2) is 9.67 Å². The van der Waals surface area contributed by atoms with Crippen molar-refractivity contribution in [2.45, 2.75) is 6.92 Å². The molecule has 0 radical (unpaired) electrons. The van der Waals surface area contributed by atoms with Crippen molar-refractivity contribution in [3.63, 3.8) is 0 Å². The zero-order valence-electron chi connectivity index (χ0n) is 9.37. The Kier molecular flexibility index (Phi) is 3.69. The van der Waals surface area contributed by atoms with Crippen molar-refractivity contribution in [3.05, 3.63) is 32.3 Å². The fourth-order valence-electron chi connectivity index (χ4n) is 1.32. The molecule has 0 spiro atoms. The maximum atomic E-state index is 10.9. The molecular formula is C9H9IN6O2. The number of anilines is 1. The van der Waals surface area contributed by atoms with Gasteiger partial charge in [0.1, 0.15) is 6.20 Å². The first-order valence-electron chi connectivity index (χ1n) is 5.07. The van der Waals surface area contributed by atoms with Gasteiger partial charge in [-0.1, -0.05) is 0 Å². The van der Waals surface area contributed by atoms with Crippen molar-refractivity contribution in [1.29, 1.82) is 0 Å². The van der Waals surface area contributed by atoms with Gasteiger partial charge in [-0.05, 0) is 29.5 Å². The minimum absolute atomic E-state index is 0.147. The van der Waals surface area contributed by atoms with Crippen molar-refractivity contribution in [2.24, 2.45) is 0 Å². The van der Waals surface area contributed by atoms with Crippen molar-refractivity contribution in [2.75, 3.05) is 11.9 Å². The molecule has 2 aromatic rings. The second-order valence-electron chi connectivity index (χ2n) is 3.29. The Morgan fingerprint density at radius 3 is 2.89 bits per heavy atom. The van der Waals surface area contributed by atoms with Gasteiger partial charge in [0.2, 0.25) is 11.8 Å². The van der Waals surface area contributed by atoms with Crippen LogP contribution in [-0.4, -0.2) is 31.2 Å². The molecule has 94 valence electrons. The van der Waals surface area contributed by atoms with Crippen LogP contribution in [0.15, 0.2) is 18.6 Å². The number of nitrogens with one attached hydrogen (secondary N) is 1. The van der Waals surface area contributed by atoms with Crippen LogP contribution in [0, 0.1) is 13.7 Å². The first-order valence-corrected chi connectivity index (χ1v) is 6.15. The van der Waals surface area contributed by atoms with Crippen LogP contribution in [0.5, 0.6) is 0 Å². The molecule has 0 aromatic carbocycles. The average molecular weight is 360 g/mol. The molecule has 0 atom stereocenters. The highest BCUT2D eigenvalue weighted by atomic mass is 127. The van der Waals surface area contributed by atoms with Crippen molar-refractivity contribution < 1.29 is 4.92 Å². The Labute approximate surface area is 116 Å². The fourth-order valence-corrected chi connectivity index (χ4v) is 1.71. The molecule has 0 fully saturated rings. The van der Waals surface area contributed by atoms with E-state index < -0.39 is 4.92 Å². The molecule has 2 heterocycles. The van der Waals surface area contributed by atoms with Gasteiger partial charge < -0.3 is 5.32 Å². The lowest BCUT2D eigenvalue weighted by molar-refractivity contribution is -0.385. The van der Waals surface area contributed by atoms with Crippen LogP contribution in [-0.2, 0) is 0 Å². The minimum atomic E-state index is -0.528. The summed E-state index contributed by atoms with van der Waals surface area (Å²) in [6, 6.07) is 0. The van der Waals surface area contributed by atoms with Crippen molar-refractivity contribution >= 4 is 34.2 Å². The summed E-state index contributed by atoms with van der Waals surface area (Å²) in [7, 11) is 0. The van der Waals surface area contributed by atoms with Gasteiger partial charge in [0.25, 0.3) is 0 Å². The van der Waals surface area contributed by atoms with Gasteiger partial charge >= 0.3 is 5.69 Å². The maximum absolute atomic E-state index is 10.9. The summed E-state index contributed by atoms with van der Waals surface area (Å²) in [5.41, 5.74) is -0.184. The Morgan fingerprint density at radius 1 is 1.56 bits per heavy atom. The molecule has 0 aliphatic rings. The Hall–Kier alpha value is -1.78. The van der Waals surface area contributed by atoms with Gasteiger partial charge in [-0.15, -0.1) is 0 Å². The number of hydrogen-bond acceptors (Lipinski definition) is 6. The van der Waals surface area contributed by atoms with Gasteiger partial charge in [0.05, 0.1) is 14.7 Å². The molecular weight excluding hydrogens is 351 g/mol. The second-order valence-corrected chi connectivity index (χ2v) is 4.54. The van der Waals surface area contributed by atoms with E-state index in [4.69, 9.17) is 0 Å². The zero-order valence-corrected chi connectivity index (χ0v) is 11.5. The summed E-state index contributed by atoms with van der Waals surface area (Å²) in [6.45, 7) is 2.52. The third-order valence-corrected chi connectivity index (χ3v) is 2.61. The number of hydrogen-bond donors (Lipinski definition) is 1. The van der Waals surface area contributed by atoms with Gasteiger partial charge in [0, 0.05) is 12.7 Å².